The number of halogens is 1. The Kier molecular flexibility index (Phi) is 6.19. The van der Waals surface area contributed by atoms with E-state index in [1.165, 1.54) is 0 Å². The average molecular weight is 405 g/mol. The first kappa shape index (κ1) is 20.1. The zero-order valence-electron chi connectivity index (χ0n) is 16.6. The number of anilines is 1. The number of nitrogens with zero attached hydrogens (tertiary/aromatic N) is 2. The number of ether oxygens (including phenoxy) is 3. The number of rotatable bonds is 5. The van der Waals surface area contributed by atoms with E-state index in [1.54, 1.807) is 33.5 Å². The van der Waals surface area contributed by atoms with Gasteiger partial charge in [-0.3, -0.25) is 4.79 Å². The fourth-order valence-corrected chi connectivity index (χ4v) is 3.50. The summed E-state index contributed by atoms with van der Waals surface area (Å²) in [4.78, 5) is 17.1. The number of piperazine rings is 1. The highest BCUT2D eigenvalue weighted by molar-refractivity contribution is 6.31. The smallest absolute Gasteiger partial charge is 0.254 e. The Bertz CT molecular complexity index is 838. The second kappa shape index (κ2) is 8.61. The summed E-state index contributed by atoms with van der Waals surface area (Å²) in [7, 11) is 4.62. The van der Waals surface area contributed by atoms with E-state index in [0.717, 1.165) is 29.4 Å². The molecule has 1 amide bonds. The topological polar surface area (TPSA) is 51.2 Å². The molecule has 0 aromatic heterocycles. The van der Waals surface area contributed by atoms with E-state index >= 15 is 0 Å². The van der Waals surface area contributed by atoms with E-state index in [-0.39, 0.29) is 5.91 Å². The Balaban J connectivity index is 1.74. The van der Waals surface area contributed by atoms with E-state index < -0.39 is 0 Å². The normalized spacial score (nSPS) is 14.0. The molecule has 6 nitrogen and oxygen atoms in total. The lowest BCUT2D eigenvalue weighted by atomic mass is 10.1. The van der Waals surface area contributed by atoms with Gasteiger partial charge in [0.2, 0.25) is 5.75 Å². The zero-order valence-corrected chi connectivity index (χ0v) is 17.4. The van der Waals surface area contributed by atoms with Crippen LogP contribution in [0.25, 0.3) is 0 Å². The van der Waals surface area contributed by atoms with Crippen molar-refractivity contribution in [3.63, 3.8) is 0 Å². The first-order chi connectivity index (χ1) is 13.5. The van der Waals surface area contributed by atoms with Crippen LogP contribution in [-0.4, -0.2) is 58.3 Å². The molecular formula is C21H25ClN2O4. The number of hydrogen-bond donors (Lipinski definition) is 0. The summed E-state index contributed by atoms with van der Waals surface area (Å²) in [5.74, 6) is 1.37. The number of hydrogen-bond acceptors (Lipinski definition) is 5. The molecular weight excluding hydrogens is 380 g/mol. The molecule has 0 spiro atoms. The van der Waals surface area contributed by atoms with Crippen LogP contribution in [0.2, 0.25) is 5.02 Å². The molecule has 1 fully saturated rings. The summed E-state index contributed by atoms with van der Waals surface area (Å²) in [6.45, 7) is 4.79. The fourth-order valence-electron chi connectivity index (χ4n) is 3.38. The van der Waals surface area contributed by atoms with Crippen LogP contribution in [0.4, 0.5) is 5.69 Å². The SMILES string of the molecule is COc1cc(C(=O)N2CCN(c3ccc(Cl)c(C)c3)CC2)cc(OC)c1OC. The number of carbonyl (C=O) groups is 1. The molecule has 0 N–H and O–H groups in total. The molecule has 0 atom stereocenters. The van der Waals surface area contributed by atoms with Crippen molar-refractivity contribution >= 4 is 23.2 Å². The van der Waals surface area contributed by atoms with Crippen LogP contribution >= 0.6 is 11.6 Å². The monoisotopic (exact) mass is 404 g/mol. The maximum Gasteiger partial charge on any atom is 0.254 e. The van der Waals surface area contributed by atoms with Gasteiger partial charge in [0.1, 0.15) is 0 Å². The van der Waals surface area contributed by atoms with Gasteiger partial charge in [-0.25, -0.2) is 0 Å². The van der Waals surface area contributed by atoms with Crippen LogP contribution in [-0.2, 0) is 0 Å². The van der Waals surface area contributed by atoms with Crippen molar-refractivity contribution in [2.75, 3.05) is 52.4 Å². The summed E-state index contributed by atoms with van der Waals surface area (Å²) >= 11 is 6.12. The Labute approximate surface area is 170 Å². The molecule has 7 heteroatoms. The lowest BCUT2D eigenvalue weighted by Crippen LogP contribution is -2.48. The lowest BCUT2D eigenvalue weighted by molar-refractivity contribution is 0.0746. The van der Waals surface area contributed by atoms with E-state index in [0.29, 0.717) is 35.9 Å². The van der Waals surface area contributed by atoms with Crippen molar-refractivity contribution in [1.29, 1.82) is 0 Å². The van der Waals surface area contributed by atoms with Crippen molar-refractivity contribution in [3.8, 4) is 17.2 Å². The Morgan fingerprint density at radius 3 is 2.04 bits per heavy atom. The second-order valence-electron chi connectivity index (χ2n) is 6.63. The number of amides is 1. The molecule has 0 unspecified atom stereocenters. The van der Waals surface area contributed by atoms with Gasteiger partial charge in [-0.1, -0.05) is 11.6 Å². The van der Waals surface area contributed by atoms with E-state index in [9.17, 15) is 4.79 Å². The van der Waals surface area contributed by atoms with Crippen molar-refractivity contribution in [3.05, 3.63) is 46.5 Å². The van der Waals surface area contributed by atoms with Crippen LogP contribution < -0.4 is 19.1 Å². The molecule has 0 radical (unpaired) electrons. The minimum absolute atomic E-state index is 0.0498. The molecule has 0 saturated carbocycles. The second-order valence-corrected chi connectivity index (χ2v) is 7.03. The van der Waals surface area contributed by atoms with Gasteiger partial charge < -0.3 is 24.0 Å². The largest absolute Gasteiger partial charge is 0.493 e. The highest BCUT2D eigenvalue weighted by atomic mass is 35.5. The molecule has 0 bridgehead atoms. The highest BCUT2D eigenvalue weighted by Gasteiger charge is 2.25. The first-order valence-electron chi connectivity index (χ1n) is 9.09. The van der Waals surface area contributed by atoms with Gasteiger partial charge in [0.05, 0.1) is 21.3 Å². The zero-order chi connectivity index (χ0) is 20.3. The number of benzene rings is 2. The molecule has 3 rings (SSSR count). The minimum atomic E-state index is -0.0498. The lowest BCUT2D eigenvalue weighted by Gasteiger charge is -2.36. The van der Waals surface area contributed by atoms with Gasteiger partial charge >= 0.3 is 0 Å². The summed E-state index contributed by atoms with van der Waals surface area (Å²) in [6.07, 6.45) is 0. The molecule has 1 aliphatic rings. The van der Waals surface area contributed by atoms with E-state index in [4.69, 9.17) is 25.8 Å². The highest BCUT2D eigenvalue weighted by Crippen LogP contribution is 2.38. The molecule has 1 heterocycles. The van der Waals surface area contributed by atoms with Crippen LogP contribution in [0.1, 0.15) is 15.9 Å². The van der Waals surface area contributed by atoms with Gasteiger partial charge in [0.25, 0.3) is 5.91 Å². The molecule has 1 aliphatic heterocycles. The van der Waals surface area contributed by atoms with Crippen LogP contribution in [0.15, 0.2) is 30.3 Å². The maximum absolute atomic E-state index is 13.0. The average Bonchev–Trinajstić information content (AvgIpc) is 2.74. The van der Waals surface area contributed by atoms with Crippen molar-refractivity contribution < 1.29 is 19.0 Å². The molecule has 1 saturated heterocycles. The summed E-state index contributed by atoms with van der Waals surface area (Å²) in [6, 6.07) is 9.40. The van der Waals surface area contributed by atoms with E-state index in [1.807, 2.05) is 24.0 Å². The van der Waals surface area contributed by atoms with Crippen LogP contribution in [0, 0.1) is 6.92 Å². The minimum Gasteiger partial charge on any atom is -0.493 e. The third-order valence-corrected chi connectivity index (χ3v) is 5.41. The van der Waals surface area contributed by atoms with Crippen molar-refractivity contribution in [2.24, 2.45) is 0 Å². The van der Waals surface area contributed by atoms with Gasteiger partial charge in [-0.05, 0) is 42.8 Å². The Morgan fingerprint density at radius 1 is 0.929 bits per heavy atom. The number of methoxy groups -OCH3 is 3. The molecule has 2 aromatic rings. The summed E-state index contributed by atoms with van der Waals surface area (Å²) in [5.41, 5.74) is 2.70. The van der Waals surface area contributed by atoms with Crippen LogP contribution in [0.5, 0.6) is 17.2 Å². The van der Waals surface area contributed by atoms with Gasteiger partial charge in [0, 0.05) is 42.5 Å². The Morgan fingerprint density at radius 2 is 1.54 bits per heavy atom. The van der Waals surface area contributed by atoms with Crippen molar-refractivity contribution in [1.82, 2.24) is 4.90 Å². The molecule has 0 aliphatic carbocycles. The number of carbonyl (C=O) groups excluding carboxylic acids is 1. The molecule has 150 valence electrons. The standard InChI is InChI=1S/C21H25ClN2O4/c1-14-11-16(5-6-17(14)22)23-7-9-24(10-8-23)21(25)15-12-18(26-2)20(28-4)19(13-15)27-3/h5-6,11-13H,7-10H2,1-4H3. The molecule has 28 heavy (non-hydrogen) atoms. The Hall–Kier alpha value is -2.60. The van der Waals surface area contributed by atoms with E-state index in [2.05, 4.69) is 11.0 Å². The number of aryl methyl sites for hydroxylation is 1. The predicted octanol–water partition coefficient (Wildman–Crippen LogP) is 3.64. The van der Waals surface area contributed by atoms with Gasteiger partial charge in [-0.15, -0.1) is 0 Å². The maximum atomic E-state index is 13.0. The first-order valence-corrected chi connectivity index (χ1v) is 9.46. The van der Waals surface area contributed by atoms with Crippen LogP contribution in [0.3, 0.4) is 0 Å². The predicted molar refractivity (Wildman–Crippen MR) is 110 cm³/mol. The van der Waals surface area contributed by atoms with Gasteiger partial charge in [0.15, 0.2) is 11.5 Å². The summed E-state index contributed by atoms with van der Waals surface area (Å²) < 4.78 is 16.0. The summed E-state index contributed by atoms with van der Waals surface area (Å²) in [5, 5.41) is 0.764. The third-order valence-electron chi connectivity index (χ3n) is 4.99. The van der Waals surface area contributed by atoms with Gasteiger partial charge in [-0.2, -0.15) is 0 Å². The van der Waals surface area contributed by atoms with Crippen molar-refractivity contribution in [2.45, 2.75) is 6.92 Å². The fraction of sp³-hybridized carbons (Fsp3) is 0.381. The molecule has 2 aromatic carbocycles. The quantitative estimate of drug-likeness (QED) is 0.761. The third kappa shape index (κ3) is 3.97.